The van der Waals surface area contributed by atoms with Crippen molar-refractivity contribution in [2.75, 3.05) is 31.6 Å². The quantitative estimate of drug-likeness (QED) is 0.348. The van der Waals surface area contributed by atoms with E-state index in [9.17, 15) is 22.8 Å². The summed E-state index contributed by atoms with van der Waals surface area (Å²) in [4.78, 5) is 36.6. The molecular weight excluding hydrogens is 599 g/mol. The summed E-state index contributed by atoms with van der Waals surface area (Å²) in [6, 6.07) is 8.35. The van der Waals surface area contributed by atoms with E-state index >= 15 is 0 Å². The zero-order valence-electron chi connectivity index (χ0n) is 26.1. The monoisotopic (exact) mass is 637 g/mol. The summed E-state index contributed by atoms with van der Waals surface area (Å²) < 4.78 is 44.8. The first kappa shape index (κ1) is 31.6. The number of halogens is 3. The van der Waals surface area contributed by atoms with E-state index in [1.807, 2.05) is 18.7 Å². The summed E-state index contributed by atoms with van der Waals surface area (Å²) in [5.41, 5.74) is 7.73. The number of nitrogens with two attached hydrogens (primary N) is 1. The largest absolute Gasteiger partial charge is 0.416 e. The number of benzene rings is 1. The van der Waals surface area contributed by atoms with E-state index in [2.05, 4.69) is 32.9 Å². The van der Waals surface area contributed by atoms with Crippen LogP contribution in [-0.4, -0.2) is 59.4 Å². The molecule has 1 unspecified atom stereocenters. The number of nitrogens with zero attached hydrogens (tertiary/aromatic N) is 3. The molecule has 2 saturated heterocycles. The van der Waals surface area contributed by atoms with Crippen LogP contribution in [0.2, 0.25) is 0 Å². The first-order chi connectivity index (χ1) is 21.8. The summed E-state index contributed by atoms with van der Waals surface area (Å²) in [7, 11) is 0. The number of nitrogens with one attached hydrogen (secondary N) is 3. The lowest BCUT2D eigenvalue weighted by molar-refractivity contribution is -0.171. The molecule has 10 nitrogen and oxygen atoms in total. The zero-order valence-corrected chi connectivity index (χ0v) is 26.1. The third-order valence-electron chi connectivity index (χ3n) is 9.66. The van der Waals surface area contributed by atoms with Gasteiger partial charge in [-0.2, -0.15) is 13.2 Å². The summed E-state index contributed by atoms with van der Waals surface area (Å²) in [6.45, 7) is 8.39. The van der Waals surface area contributed by atoms with Crippen molar-refractivity contribution in [3.05, 3.63) is 76.9 Å². The Morgan fingerprint density at radius 3 is 2.50 bits per heavy atom. The van der Waals surface area contributed by atoms with Crippen LogP contribution in [0.5, 0.6) is 0 Å². The highest BCUT2D eigenvalue weighted by molar-refractivity contribution is 6.06. The minimum absolute atomic E-state index is 0.130. The lowest BCUT2D eigenvalue weighted by Gasteiger charge is -2.44. The number of carbonyl (C=O) groups excluding carboxylic acids is 2. The van der Waals surface area contributed by atoms with Crippen LogP contribution < -0.4 is 21.7 Å². The van der Waals surface area contributed by atoms with Crippen molar-refractivity contribution in [2.24, 2.45) is 21.6 Å². The van der Waals surface area contributed by atoms with Gasteiger partial charge in [-0.3, -0.25) is 9.59 Å². The van der Waals surface area contributed by atoms with E-state index in [1.54, 1.807) is 30.5 Å². The van der Waals surface area contributed by atoms with Crippen LogP contribution in [0.1, 0.15) is 67.9 Å². The highest BCUT2D eigenvalue weighted by Crippen LogP contribution is 2.62. The van der Waals surface area contributed by atoms with Crippen LogP contribution in [0.4, 0.5) is 19.0 Å². The molecule has 244 valence electrons. The van der Waals surface area contributed by atoms with Gasteiger partial charge in [0.15, 0.2) is 0 Å². The number of amides is 2. The third-order valence-corrected chi connectivity index (χ3v) is 9.66. The van der Waals surface area contributed by atoms with Crippen LogP contribution in [0.25, 0.3) is 5.70 Å². The Hall–Kier alpha value is -4.39. The summed E-state index contributed by atoms with van der Waals surface area (Å²) in [6.07, 6.45) is 1.57. The van der Waals surface area contributed by atoms with E-state index in [1.165, 1.54) is 0 Å². The number of alkyl halides is 3. The van der Waals surface area contributed by atoms with Gasteiger partial charge in [0, 0.05) is 47.7 Å². The minimum atomic E-state index is -4.56. The second kappa shape index (κ2) is 11.4. The standard InChI is InChI=1S/C33H38F3N7O3/c1-4-23-15-39-27(37)26(40-23)25(42-31(3)16-32(31)11-5-13-43(17-32)29(45)30(2)18-46-19-30)20-6-8-21(9-7-20)28(44)41-24-14-22(10-12-38-24)33(34,35)36/h6-10,12,14-15,40,42H,4-5,11,13,16-19H2,1-3H3,(H2,37,39)(H,38,41,44)/b26-25-/t31?,32-/m0/s1. The Kier molecular flexibility index (Phi) is 7.86. The molecule has 4 heterocycles. The minimum Gasteiger partial charge on any atom is -0.382 e. The fourth-order valence-electron chi connectivity index (χ4n) is 6.67. The topological polar surface area (TPSA) is 134 Å². The second-order valence-corrected chi connectivity index (χ2v) is 13.2. The maximum Gasteiger partial charge on any atom is 0.416 e. The summed E-state index contributed by atoms with van der Waals surface area (Å²) in [5, 5.41) is 9.63. The predicted molar refractivity (Wildman–Crippen MR) is 167 cm³/mol. The van der Waals surface area contributed by atoms with Gasteiger partial charge in [-0.25, -0.2) is 9.98 Å². The molecule has 1 aromatic carbocycles. The van der Waals surface area contributed by atoms with Crippen LogP contribution in [0.15, 0.2) is 65.2 Å². The molecule has 2 atom stereocenters. The fourth-order valence-corrected chi connectivity index (χ4v) is 6.67. The number of amidine groups is 1. The van der Waals surface area contributed by atoms with Gasteiger partial charge in [-0.05, 0) is 69.4 Å². The van der Waals surface area contributed by atoms with E-state index in [-0.39, 0.29) is 28.2 Å². The molecule has 1 spiro atoms. The Morgan fingerprint density at radius 1 is 1.13 bits per heavy atom. The van der Waals surface area contributed by atoms with Gasteiger partial charge in [0.25, 0.3) is 5.91 Å². The molecule has 1 saturated carbocycles. The number of piperidine rings is 1. The van der Waals surface area contributed by atoms with Crippen LogP contribution in [-0.2, 0) is 15.7 Å². The van der Waals surface area contributed by atoms with Gasteiger partial charge in [0.05, 0.1) is 29.9 Å². The van der Waals surface area contributed by atoms with E-state index in [4.69, 9.17) is 10.5 Å². The third kappa shape index (κ3) is 5.83. The van der Waals surface area contributed by atoms with Crippen molar-refractivity contribution in [1.82, 2.24) is 20.5 Å². The Morgan fingerprint density at radius 2 is 1.85 bits per heavy atom. The van der Waals surface area contributed by atoms with Gasteiger partial charge in [0.1, 0.15) is 17.4 Å². The molecule has 13 heteroatoms. The predicted octanol–water partition coefficient (Wildman–Crippen LogP) is 4.63. The molecular formula is C33H38F3N7O3. The summed E-state index contributed by atoms with van der Waals surface area (Å²) >= 11 is 0. The molecule has 46 heavy (non-hydrogen) atoms. The van der Waals surface area contributed by atoms with Gasteiger partial charge in [-0.1, -0.05) is 19.1 Å². The lowest BCUT2D eigenvalue weighted by atomic mass is 9.83. The smallest absolute Gasteiger partial charge is 0.382 e. The molecule has 1 aliphatic carbocycles. The van der Waals surface area contributed by atoms with Crippen LogP contribution in [0.3, 0.4) is 0 Å². The maximum atomic E-state index is 13.4. The van der Waals surface area contributed by atoms with Crippen molar-refractivity contribution in [3.63, 3.8) is 0 Å². The number of aromatic nitrogens is 1. The Bertz CT molecular complexity index is 1650. The number of aliphatic imine (C=N–C) groups is 1. The van der Waals surface area contributed by atoms with Crippen LogP contribution >= 0.6 is 0 Å². The van der Waals surface area contributed by atoms with Crippen molar-refractivity contribution in [3.8, 4) is 0 Å². The average molecular weight is 638 g/mol. The SMILES string of the molecule is CCC1=CN=C(N)/C(=C(/NC2(C)C[C@]23CCCN(C(=O)C2(C)COC2)C3)c2ccc(C(=O)Nc3cc(C(F)(F)F)ccn3)cc2)N1. The molecule has 5 N–H and O–H groups in total. The van der Waals surface area contributed by atoms with E-state index in [0.717, 1.165) is 55.4 Å². The zero-order chi connectivity index (χ0) is 32.9. The number of pyridine rings is 1. The molecule has 0 radical (unpaired) electrons. The molecule has 0 bridgehead atoms. The van der Waals surface area contributed by atoms with E-state index < -0.39 is 23.1 Å². The number of carbonyl (C=O) groups is 2. The number of anilines is 1. The fraction of sp³-hybridized carbons (Fsp3) is 0.455. The van der Waals surface area contributed by atoms with Crippen molar-refractivity contribution in [1.29, 1.82) is 0 Å². The van der Waals surface area contributed by atoms with Gasteiger partial charge >= 0.3 is 6.18 Å². The molecule has 3 aliphatic heterocycles. The van der Waals surface area contributed by atoms with E-state index in [0.29, 0.717) is 43.4 Å². The average Bonchev–Trinajstić information content (AvgIpc) is 3.58. The van der Waals surface area contributed by atoms with Gasteiger partial charge in [-0.15, -0.1) is 0 Å². The lowest BCUT2D eigenvalue weighted by Crippen LogP contribution is -2.56. The number of hydrogen-bond donors (Lipinski definition) is 4. The molecule has 3 fully saturated rings. The Balaban J connectivity index is 1.25. The second-order valence-electron chi connectivity index (χ2n) is 13.2. The molecule has 1 aromatic heterocycles. The van der Waals surface area contributed by atoms with Crippen LogP contribution in [0, 0.1) is 10.8 Å². The molecule has 2 aromatic rings. The molecule has 4 aliphatic rings. The number of allylic oxidation sites excluding steroid dienone is 1. The van der Waals surface area contributed by atoms with Crippen molar-refractivity contribution < 1.29 is 27.5 Å². The van der Waals surface area contributed by atoms with Gasteiger partial charge in [0.2, 0.25) is 5.91 Å². The van der Waals surface area contributed by atoms with Gasteiger partial charge < -0.3 is 31.3 Å². The Labute approximate surface area is 265 Å². The maximum absolute atomic E-state index is 13.4. The van der Waals surface area contributed by atoms with Crippen molar-refractivity contribution in [2.45, 2.75) is 58.2 Å². The molecule has 2 amide bonds. The number of rotatable bonds is 7. The first-order valence-electron chi connectivity index (χ1n) is 15.4. The number of ether oxygens (including phenoxy) is 1. The highest BCUT2D eigenvalue weighted by atomic mass is 19.4. The number of hydrogen-bond acceptors (Lipinski definition) is 8. The highest BCUT2D eigenvalue weighted by Gasteiger charge is 2.66. The normalized spacial score (nSPS) is 26.3. The summed E-state index contributed by atoms with van der Waals surface area (Å²) in [5.74, 6) is -0.357. The first-order valence-corrected chi connectivity index (χ1v) is 15.4. The van der Waals surface area contributed by atoms with Crippen molar-refractivity contribution >= 4 is 29.2 Å². The number of likely N-dealkylation sites (tertiary alicyclic amines) is 1. The molecule has 6 rings (SSSR count).